The van der Waals surface area contributed by atoms with Crippen molar-refractivity contribution in [2.45, 2.75) is 116 Å². The van der Waals surface area contributed by atoms with Crippen molar-refractivity contribution in [1.82, 2.24) is 30.2 Å². The van der Waals surface area contributed by atoms with Crippen molar-refractivity contribution in [2.24, 2.45) is 11.3 Å². The predicted octanol–water partition coefficient (Wildman–Crippen LogP) is 2.79. The first-order chi connectivity index (χ1) is 22.7. The Labute approximate surface area is 287 Å². The van der Waals surface area contributed by atoms with E-state index in [-0.39, 0.29) is 54.2 Å². The van der Waals surface area contributed by atoms with Crippen LogP contribution in [0.1, 0.15) is 91.2 Å². The van der Waals surface area contributed by atoms with Gasteiger partial charge in [-0.1, -0.05) is 71.4 Å². The van der Waals surface area contributed by atoms with E-state index < -0.39 is 23.6 Å². The summed E-state index contributed by atoms with van der Waals surface area (Å²) in [4.78, 5) is 62.7. The Bertz CT molecular complexity index is 1250. The van der Waals surface area contributed by atoms with Gasteiger partial charge in [0.2, 0.25) is 23.6 Å². The van der Waals surface area contributed by atoms with Crippen molar-refractivity contribution < 1.29 is 24.3 Å². The van der Waals surface area contributed by atoms with Crippen molar-refractivity contribution in [3.63, 3.8) is 0 Å². The van der Waals surface area contributed by atoms with Crippen LogP contribution in [-0.2, 0) is 19.2 Å². The lowest BCUT2D eigenvalue weighted by molar-refractivity contribution is -0.144. The van der Waals surface area contributed by atoms with Crippen LogP contribution < -0.4 is 10.6 Å². The molecule has 0 radical (unpaired) electrons. The number of rotatable bonds is 12. The molecule has 0 aliphatic carbocycles. The Kier molecular flexibility index (Phi) is 13.1. The first kappa shape index (κ1) is 37.8. The maximum absolute atomic E-state index is 14.2. The second kappa shape index (κ2) is 16.6. The molecule has 3 heterocycles. The molecule has 3 saturated heterocycles. The largest absolute Gasteiger partial charge is 0.387 e. The van der Waals surface area contributed by atoms with Crippen LogP contribution in [0.3, 0.4) is 0 Å². The molecule has 3 aliphatic rings. The number of piperidine rings is 1. The van der Waals surface area contributed by atoms with Crippen LogP contribution in [0, 0.1) is 11.3 Å². The van der Waals surface area contributed by atoms with Gasteiger partial charge in [0, 0.05) is 32.7 Å². The van der Waals surface area contributed by atoms with Gasteiger partial charge >= 0.3 is 0 Å². The summed E-state index contributed by atoms with van der Waals surface area (Å²) in [5.74, 6) is -0.382. The molecule has 268 valence electrons. The number of carbonyl (C=O) groups is 4. The van der Waals surface area contributed by atoms with Crippen LogP contribution in [-0.4, -0.2) is 125 Å². The Morgan fingerprint density at radius 1 is 0.896 bits per heavy atom. The van der Waals surface area contributed by atoms with Crippen molar-refractivity contribution in [2.75, 3.05) is 46.8 Å². The second-order valence-corrected chi connectivity index (χ2v) is 15.6. The van der Waals surface area contributed by atoms with Gasteiger partial charge < -0.3 is 25.5 Å². The Morgan fingerprint density at radius 3 is 2.19 bits per heavy atom. The summed E-state index contributed by atoms with van der Waals surface area (Å²) in [5, 5.41) is 16.5. The number of likely N-dealkylation sites (tertiary alicyclic amines) is 3. The molecule has 4 amide bonds. The molecule has 0 spiro atoms. The molecule has 3 aliphatic heterocycles. The predicted molar refractivity (Wildman–Crippen MR) is 187 cm³/mol. The molecule has 3 fully saturated rings. The highest BCUT2D eigenvalue weighted by Gasteiger charge is 2.43. The third-order valence-corrected chi connectivity index (χ3v) is 10.7. The van der Waals surface area contributed by atoms with Gasteiger partial charge in [-0.3, -0.25) is 29.0 Å². The Hall–Kier alpha value is -3.02. The quantitative estimate of drug-likeness (QED) is 0.313. The van der Waals surface area contributed by atoms with E-state index in [1.165, 1.54) is 0 Å². The van der Waals surface area contributed by atoms with Gasteiger partial charge in [-0.05, 0) is 75.6 Å². The molecule has 48 heavy (non-hydrogen) atoms. The molecule has 0 aromatic heterocycles. The molecule has 2 unspecified atom stereocenters. The lowest BCUT2D eigenvalue weighted by Gasteiger charge is -2.41. The zero-order chi connectivity index (χ0) is 35.2. The minimum atomic E-state index is -0.821. The first-order valence-electron chi connectivity index (χ1n) is 18.0. The van der Waals surface area contributed by atoms with Gasteiger partial charge in [-0.15, -0.1) is 0 Å². The van der Waals surface area contributed by atoms with Crippen LogP contribution in [0.2, 0.25) is 0 Å². The van der Waals surface area contributed by atoms with Crippen LogP contribution in [0.4, 0.5) is 0 Å². The number of nitrogens with one attached hydrogen (secondary N) is 2. The van der Waals surface area contributed by atoms with E-state index in [0.717, 1.165) is 50.8 Å². The average Bonchev–Trinajstić information content (AvgIpc) is 3.74. The summed E-state index contributed by atoms with van der Waals surface area (Å²) >= 11 is 0. The Balaban J connectivity index is 1.41. The van der Waals surface area contributed by atoms with E-state index in [9.17, 15) is 24.3 Å². The lowest BCUT2D eigenvalue weighted by atomic mass is 9.84. The maximum Gasteiger partial charge on any atom is 0.245 e. The third-order valence-electron chi connectivity index (χ3n) is 10.7. The molecule has 1 aromatic rings. The highest BCUT2D eigenvalue weighted by molar-refractivity contribution is 5.91. The van der Waals surface area contributed by atoms with Gasteiger partial charge in [0.25, 0.3) is 0 Å². The van der Waals surface area contributed by atoms with Gasteiger partial charge in [0.05, 0.1) is 18.2 Å². The van der Waals surface area contributed by atoms with Gasteiger partial charge in [-0.2, -0.15) is 0 Å². The van der Waals surface area contributed by atoms with Crippen molar-refractivity contribution >= 4 is 23.6 Å². The first-order valence-corrected chi connectivity index (χ1v) is 18.0. The average molecular weight is 669 g/mol. The summed E-state index contributed by atoms with van der Waals surface area (Å²) in [6.07, 6.45) is 4.95. The van der Waals surface area contributed by atoms with Crippen molar-refractivity contribution in [1.29, 1.82) is 0 Å². The number of aliphatic hydroxyl groups excluding tert-OH is 1. The number of amides is 4. The van der Waals surface area contributed by atoms with E-state index in [1.54, 1.807) is 9.80 Å². The van der Waals surface area contributed by atoms with Crippen LogP contribution in [0.15, 0.2) is 30.3 Å². The number of aliphatic hydroxyl groups is 1. The van der Waals surface area contributed by atoms with E-state index in [1.807, 2.05) is 65.2 Å². The van der Waals surface area contributed by atoms with Crippen LogP contribution in [0.5, 0.6) is 0 Å². The normalized spacial score (nSPS) is 24.3. The summed E-state index contributed by atoms with van der Waals surface area (Å²) < 4.78 is 0. The minimum absolute atomic E-state index is 0.0401. The minimum Gasteiger partial charge on any atom is -0.387 e. The highest BCUT2D eigenvalue weighted by Crippen LogP contribution is 2.28. The molecule has 6 atom stereocenters. The number of nitrogens with zero attached hydrogens (tertiary/aromatic N) is 4. The van der Waals surface area contributed by atoms with Crippen LogP contribution >= 0.6 is 0 Å². The molecule has 4 rings (SSSR count). The summed E-state index contributed by atoms with van der Waals surface area (Å²) in [6, 6.07) is 7.19. The summed E-state index contributed by atoms with van der Waals surface area (Å²) in [7, 11) is 3.79. The smallest absolute Gasteiger partial charge is 0.245 e. The second-order valence-electron chi connectivity index (χ2n) is 15.6. The topological polar surface area (TPSA) is 126 Å². The van der Waals surface area contributed by atoms with E-state index in [4.69, 9.17) is 0 Å². The van der Waals surface area contributed by atoms with E-state index in [0.29, 0.717) is 25.9 Å². The summed E-state index contributed by atoms with van der Waals surface area (Å²) in [5.41, 5.74) is 0.236. The van der Waals surface area contributed by atoms with Gasteiger partial charge in [0.15, 0.2) is 0 Å². The molecule has 1 aromatic carbocycles. The van der Waals surface area contributed by atoms with Crippen molar-refractivity contribution in [3.8, 4) is 0 Å². The fourth-order valence-electron chi connectivity index (χ4n) is 7.61. The molecule has 0 bridgehead atoms. The molecule has 11 nitrogen and oxygen atoms in total. The third kappa shape index (κ3) is 9.15. The molecular weight excluding hydrogens is 608 g/mol. The van der Waals surface area contributed by atoms with Crippen molar-refractivity contribution in [3.05, 3.63) is 35.9 Å². The fraction of sp³-hybridized carbons (Fsp3) is 0.730. The van der Waals surface area contributed by atoms with Gasteiger partial charge in [0.1, 0.15) is 12.1 Å². The number of benzene rings is 1. The number of hydrogen-bond donors (Lipinski definition) is 3. The van der Waals surface area contributed by atoms with Crippen LogP contribution in [0.25, 0.3) is 0 Å². The fourth-order valence-corrected chi connectivity index (χ4v) is 7.61. The zero-order valence-corrected chi connectivity index (χ0v) is 30.3. The lowest BCUT2D eigenvalue weighted by Crippen LogP contribution is -2.61. The number of likely N-dealkylation sites (N-methyl/N-ethyl adjacent to an activating group) is 2. The van der Waals surface area contributed by atoms with Gasteiger partial charge in [-0.25, -0.2) is 0 Å². The number of carbonyl (C=O) groups excluding carboxylic acids is 4. The standard InChI is InChI=1S/C37H60N6O5/c1-25(2)30(41(7)36(48)32(37(3,4)5)39-34(46)27-17-11-12-20-40(27)6)24-42-21-13-19-29(42)35(47)43-22-14-18-28(43)33(45)38-23-31(44)26-15-9-8-10-16-26/h8-10,15-16,25,27-32,44H,11-14,17-24H2,1-7H3,(H,38,45)(H,39,46)/t27?,28-,29-,30+,31-,32?/m0/s1. The maximum atomic E-state index is 14.2. The summed E-state index contributed by atoms with van der Waals surface area (Å²) in [6.45, 7) is 12.9. The molecule has 3 N–H and O–H groups in total. The number of hydrogen-bond acceptors (Lipinski definition) is 7. The molecule has 11 heteroatoms. The SMILES string of the molecule is CC(C)[C@@H](CN1CCC[C@H]1C(=O)N1CCC[C@H]1C(=O)NC[C@H](O)c1ccccc1)N(C)C(=O)C(NC(=O)C1CCCCN1C)C(C)(C)C. The van der Waals surface area contributed by atoms with E-state index in [2.05, 4.69) is 34.3 Å². The molecular formula is C37H60N6O5. The Morgan fingerprint density at radius 2 is 1.54 bits per heavy atom. The monoisotopic (exact) mass is 668 g/mol. The zero-order valence-electron chi connectivity index (χ0n) is 30.3. The molecule has 0 saturated carbocycles. The highest BCUT2D eigenvalue weighted by atomic mass is 16.3. The van der Waals surface area contributed by atoms with E-state index >= 15 is 0 Å².